The second-order valence-corrected chi connectivity index (χ2v) is 4.60. The largest absolute Gasteiger partial charge is 0.126 e. The van der Waals surface area contributed by atoms with Crippen molar-refractivity contribution in [2.75, 3.05) is 5.75 Å². The van der Waals surface area contributed by atoms with Crippen LogP contribution in [0.5, 0.6) is 0 Å². The Bertz CT molecular complexity index is 261. The molecular formula is C9H10Cl2S. The molecule has 0 atom stereocenters. The van der Waals surface area contributed by atoms with E-state index in [4.69, 9.17) is 23.2 Å². The molecule has 0 amide bonds. The van der Waals surface area contributed by atoms with Crippen LogP contribution in [0.15, 0.2) is 17.0 Å². The van der Waals surface area contributed by atoms with Crippen LogP contribution in [0.3, 0.4) is 0 Å². The fourth-order valence-corrected chi connectivity index (χ4v) is 2.22. The van der Waals surface area contributed by atoms with E-state index < -0.39 is 0 Å². The molecule has 1 rings (SSSR count). The summed E-state index contributed by atoms with van der Waals surface area (Å²) in [7, 11) is 0. The zero-order valence-corrected chi connectivity index (χ0v) is 9.35. The summed E-state index contributed by atoms with van der Waals surface area (Å²) < 4.78 is 0. The van der Waals surface area contributed by atoms with Gasteiger partial charge in [-0.2, -0.15) is 0 Å². The monoisotopic (exact) mass is 220 g/mol. The van der Waals surface area contributed by atoms with Crippen LogP contribution in [-0.2, 0) is 0 Å². The van der Waals surface area contributed by atoms with Crippen molar-refractivity contribution in [2.45, 2.75) is 18.7 Å². The summed E-state index contributed by atoms with van der Waals surface area (Å²) in [5.74, 6) is 1.04. The normalized spacial score (nSPS) is 10.3. The first-order valence-corrected chi connectivity index (χ1v) is 5.47. The minimum Gasteiger partial charge on any atom is -0.126 e. The van der Waals surface area contributed by atoms with Crippen LogP contribution in [0, 0.1) is 6.92 Å². The van der Waals surface area contributed by atoms with Gasteiger partial charge in [-0.3, -0.25) is 0 Å². The standard InChI is InChI=1S/C9H10Cl2S/c1-3-12-7-4-8(10)6(2)9(11)5-7/h4-5H,3H2,1-2H3. The van der Waals surface area contributed by atoms with Gasteiger partial charge < -0.3 is 0 Å². The van der Waals surface area contributed by atoms with Gasteiger partial charge in [0.15, 0.2) is 0 Å². The Morgan fingerprint density at radius 1 is 1.25 bits per heavy atom. The van der Waals surface area contributed by atoms with Gasteiger partial charge in [-0.25, -0.2) is 0 Å². The molecule has 0 radical (unpaired) electrons. The van der Waals surface area contributed by atoms with Crippen LogP contribution in [0.25, 0.3) is 0 Å². The third kappa shape index (κ3) is 2.32. The first-order valence-electron chi connectivity index (χ1n) is 3.73. The lowest BCUT2D eigenvalue weighted by atomic mass is 10.2. The molecule has 0 aromatic heterocycles. The number of benzene rings is 1. The molecule has 0 N–H and O–H groups in total. The van der Waals surface area contributed by atoms with E-state index in [-0.39, 0.29) is 0 Å². The van der Waals surface area contributed by atoms with Crippen LogP contribution in [0.1, 0.15) is 12.5 Å². The van der Waals surface area contributed by atoms with Gasteiger partial charge in [-0.15, -0.1) is 11.8 Å². The third-order valence-electron chi connectivity index (χ3n) is 1.57. The Hall–Kier alpha value is 0.150. The molecule has 0 saturated carbocycles. The van der Waals surface area contributed by atoms with Crippen molar-refractivity contribution in [2.24, 2.45) is 0 Å². The van der Waals surface area contributed by atoms with Crippen molar-refractivity contribution in [3.8, 4) is 0 Å². The maximum atomic E-state index is 5.96. The van der Waals surface area contributed by atoms with E-state index in [1.54, 1.807) is 11.8 Å². The number of thioether (sulfide) groups is 1. The van der Waals surface area contributed by atoms with Crippen LogP contribution in [0.4, 0.5) is 0 Å². The van der Waals surface area contributed by atoms with Crippen molar-refractivity contribution in [1.29, 1.82) is 0 Å². The van der Waals surface area contributed by atoms with Crippen molar-refractivity contribution >= 4 is 35.0 Å². The molecule has 0 nitrogen and oxygen atoms in total. The Morgan fingerprint density at radius 3 is 2.17 bits per heavy atom. The van der Waals surface area contributed by atoms with Gasteiger partial charge in [0.1, 0.15) is 0 Å². The minimum atomic E-state index is 0.749. The highest BCUT2D eigenvalue weighted by Crippen LogP contribution is 2.30. The average Bonchev–Trinajstić information content (AvgIpc) is 2.01. The van der Waals surface area contributed by atoms with Crippen molar-refractivity contribution in [1.82, 2.24) is 0 Å². The van der Waals surface area contributed by atoms with Gasteiger partial charge in [0.05, 0.1) is 0 Å². The summed E-state index contributed by atoms with van der Waals surface area (Å²) in [4.78, 5) is 1.14. The molecule has 0 aliphatic heterocycles. The van der Waals surface area contributed by atoms with Gasteiger partial charge >= 0.3 is 0 Å². The van der Waals surface area contributed by atoms with E-state index in [1.807, 2.05) is 19.1 Å². The summed E-state index contributed by atoms with van der Waals surface area (Å²) in [6, 6.07) is 3.91. The lowest BCUT2D eigenvalue weighted by Gasteiger charge is -2.04. The second-order valence-electron chi connectivity index (χ2n) is 2.44. The van der Waals surface area contributed by atoms with E-state index in [0.717, 1.165) is 26.3 Å². The first kappa shape index (κ1) is 10.2. The Labute approximate surface area is 87.3 Å². The number of halogens is 2. The SMILES string of the molecule is CCSc1cc(Cl)c(C)c(Cl)c1. The highest BCUT2D eigenvalue weighted by atomic mass is 35.5. The minimum absolute atomic E-state index is 0.749. The quantitative estimate of drug-likeness (QED) is 0.666. The highest BCUT2D eigenvalue weighted by Gasteiger charge is 2.03. The van der Waals surface area contributed by atoms with E-state index in [1.165, 1.54) is 0 Å². The predicted molar refractivity (Wildman–Crippen MR) is 57.6 cm³/mol. The molecule has 0 bridgehead atoms. The number of rotatable bonds is 2. The molecule has 0 heterocycles. The van der Waals surface area contributed by atoms with Gasteiger partial charge in [0.2, 0.25) is 0 Å². The summed E-state index contributed by atoms with van der Waals surface area (Å²) in [5.41, 5.74) is 0.957. The van der Waals surface area contributed by atoms with Crippen molar-refractivity contribution < 1.29 is 0 Å². The van der Waals surface area contributed by atoms with Crippen molar-refractivity contribution in [3.63, 3.8) is 0 Å². The second kappa shape index (κ2) is 4.40. The zero-order chi connectivity index (χ0) is 9.14. The summed E-state index contributed by atoms with van der Waals surface area (Å²) in [6.07, 6.45) is 0. The Kier molecular flexibility index (Phi) is 3.76. The van der Waals surface area contributed by atoms with Crippen LogP contribution in [-0.4, -0.2) is 5.75 Å². The Morgan fingerprint density at radius 2 is 1.75 bits per heavy atom. The zero-order valence-electron chi connectivity index (χ0n) is 7.03. The maximum Gasteiger partial charge on any atom is 0.0461 e. The molecule has 0 aliphatic carbocycles. The Balaban J connectivity index is 3.04. The molecule has 12 heavy (non-hydrogen) atoms. The fraction of sp³-hybridized carbons (Fsp3) is 0.333. The maximum absolute atomic E-state index is 5.96. The topological polar surface area (TPSA) is 0 Å². The van der Waals surface area contributed by atoms with Gasteiger partial charge in [0.25, 0.3) is 0 Å². The fourth-order valence-electron chi connectivity index (χ4n) is 0.872. The van der Waals surface area contributed by atoms with Gasteiger partial charge in [-0.1, -0.05) is 30.1 Å². The van der Waals surface area contributed by atoms with Crippen molar-refractivity contribution in [3.05, 3.63) is 27.7 Å². The highest BCUT2D eigenvalue weighted by molar-refractivity contribution is 7.99. The lowest BCUT2D eigenvalue weighted by molar-refractivity contribution is 1.37. The molecule has 3 heteroatoms. The molecular weight excluding hydrogens is 211 g/mol. The summed E-state index contributed by atoms with van der Waals surface area (Å²) >= 11 is 13.7. The molecule has 0 fully saturated rings. The number of hydrogen-bond acceptors (Lipinski definition) is 1. The molecule has 0 saturated heterocycles. The van der Waals surface area contributed by atoms with Gasteiger partial charge in [0, 0.05) is 14.9 Å². The summed E-state index contributed by atoms with van der Waals surface area (Å²) in [6.45, 7) is 4.03. The van der Waals surface area contributed by atoms with Crippen LogP contribution >= 0.6 is 35.0 Å². The molecule has 0 aliphatic rings. The smallest absolute Gasteiger partial charge is 0.0461 e. The van der Waals surface area contributed by atoms with E-state index in [0.29, 0.717) is 0 Å². The molecule has 0 spiro atoms. The summed E-state index contributed by atoms with van der Waals surface area (Å²) in [5, 5.41) is 1.50. The van der Waals surface area contributed by atoms with E-state index in [2.05, 4.69) is 6.92 Å². The van der Waals surface area contributed by atoms with E-state index in [9.17, 15) is 0 Å². The average molecular weight is 221 g/mol. The van der Waals surface area contributed by atoms with Crippen LogP contribution < -0.4 is 0 Å². The first-order chi connectivity index (χ1) is 5.65. The lowest BCUT2D eigenvalue weighted by Crippen LogP contribution is -1.80. The third-order valence-corrected chi connectivity index (χ3v) is 3.21. The van der Waals surface area contributed by atoms with Crippen LogP contribution in [0.2, 0.25) is 10.0 Å². The molecule has 0 unspecified atom stereocenters. The van der Waals surface area contributed by atoms with E-state index >= 15 is 0 Å². The molecule has 66 valence electrons. The molecule has 1 aromatic carbocycles. The molecule has 1 aromatic rings. The number of hydrogen-bond donors (Lipinski definition) is 0. The van der Waals surface area contributed by atoms with Gasteiger partial charge in [-0.05, 0) is 30.4 Å². The predicted octanol–water partition coefficient (Wildman–Crippen LogP) is 4.41.